The second-order valence-electron chi connectivity index (χ2n) is 5.84. The summed E-state index contributed by atoms with van der Waals surface area (Å²) in [4.78, 5) is 19.4. The van der Waals surface area contributed by atoms with Crippen molar-refractivity contribution in [3.05, 3.63) is 77.2 Å². The van der Waals surface area contributed by atoms with Gasteiger partial charge in [-0.1, -0.05) is 48.6 Å². The van der Waals surface area contributed by atoms with Crippen molar-refractivity contribution in [1.29, 1.82) is 0 Å². The fourth-order valence-electron chi connectivity index (χ4n) is 2.40. The molecule has 0 aliphatic carbocycles. The van der Waals surface area contributed by atoms with Gasteiger partial charge >= 0.3 is 0 Å². The maximum absolute atomic E-state index is 12.6. The average molecular weight is 364 g/mol. The number of hydrogen-bond acceptors (Lipinski definition) is 4. The number of nitrogens with zero attached hydrogens (tertiary/aromatic N) is 2. The third kappa shape index (κ3) is 4.06. The summed E-state index contributed by atoms with van der Waals surface area (Å²) in [5.41, 5.74) is 2.86. The molecule has 0 saturated carbocycles. The van der Waals surface area contributed by atoms with Gasteiger partial charge in [-0.15, -0.1) is 0 Å². The van der Waals surface area contributed by atoms with Crippen molar-refractivity contribution in [3.63, 3.8) is 0 Å². The second-order valence-corrected chi connectivity index (χ2v) is 6.85. The SMILES string of the molecule is C=CCOc1ccccc1/C=C1/SC(=Nc2ccc(C)cc2)N(C)C1=O. The normalized spacial score (nSPS) is 17.2. The first kappa shape index (κ1) is 18.0. The molecule has 0 radical (unpaired) electrons. The molecule has 0 bridgehead atoms. The molecule has 0 spiro atoms. The van der Waals surface area contributed by atoms with Crippen molar-refractivity contribution < 1.29 is 9.53 Å². The monoisotopic (exact) mass is 364 g/mol. The number of thioether (sulfide) groups is 1. The van der Waals surface area contributed by atoms with Gasteiger partial charge in [-0.05, 0) is 43.0 Å². The zero-order valence-corrected chi connectivity index (χ0v) is 15.6. The Hall–Kier alpha value is -2.79. The van der Waals surface area contributed by atoms with E-state index in [2.05, 4.69) is 11.6 Å². The highest BCUT2D eigenvalue weighted by atomic mass is 32.2. The van der Waals surface area contributed by atoms with Gasteiger partial charge in [0, 0.05) is 12.6 Å². The molecule has 0 unspecified atom stereocenters. The Kier molecular flexibility index (Phi) is 5.58. The number of aliphatic imine (C=N–C) groups is 1. The quantitative estimate of drug-likeness (QED) is 0.566. The summed E-state index contributed by atoms with van der Waals surface area (Å²) in [6.07, 6.45) is 3.54. The number of hydrogen-bond donors (Lipinski definition) is 0. The van der Waals surface area contributed by atoms with Gasteiger partial charge in [0.2, 0.25) is 0 Å². The first-order valence-corrected chi connectivity index (χ1v) is 9.06. The van der Waals surface area contributed by atoms with E-state index < -0.39 is 0 Å². The summed E-state index contributed by atoms with van der Waals surface area (Å²) in [6.45, 7) is 6.11. The molecule has 2 aromatic carbocycles. The van der Waals surface area contributed by atoms with Gasteiger partial charge in [-0.3, -0.25) is 9.69 Å². The lowest BCUT2D eigenvalue weighted by Gasteiger charge is -2.07. The van der Waals surface area contributed by atoms with Gasteiger partial charge in [-0.2, -0.15) is 0 Å². The van der Waals surface area contributed by atoms with Crippen LogP contribution in [0.15, 0.2) is 71.1 Å². The van der Waals surface area contributed by atoms with Gasteiger partial charge in [-0.25, -0.2) is 4.99 Å². The highest BCUT2D eigenvalue weighted by Gasteiger charge is 2.30. The van der Waals surface area contributed by atoms with Crippen molar-refractivity contribution >= 4 is 34.6 Å². The van der Waals surface area contributed by atoms with Gasteiger partial charge in [0.15, 0.2) is 5.17 Å². The zero-order chi connectivity index (χ0) is 18.5. The Bertz CT molecular complexity index is 885. The Labute approximate surface area is 157 Å². The summed E-state index contributed by atoms with van der Waals surface area (Å²) in [6, 6.07) is 15.5. The predicted octanol–water partition coefficient (Wildman–Crippen LogP) is 4.79. The molecule has 1 aliphatic rings. The molecule has 4 nitrogen and oxygen atoms in total. The number of aryl methyl sites for hydroxylation is 1. The lowest BCUT2D eigenvalue weighted by molar-refractivity contribution is -0.121. The number of rotatable bonds is 5. The minimum Gasteiger partial charge on any atom is -0.489 e. The Morgan fingerprint density at radius 1 is 1.19 bits per heavy atom. The molecule has 1 fully saturated rings. The fraction of sp³-hybridized carbons (Fsp3) is 0.143. The van der Waals surface area contributed by atoms with Crippen LogP contribution in [0.25, 0.3) is 6.08 Å². The maximum atomic E-state index is 12.6. The standard InChI is InChI=1S/C21H20N2O2S/c1-4-13-25-18-8-6-5-7-16(18)14-19-20(24)23(3)21(26-19)22-17-11-9-15(2)10-12-17/h4-12,14H,1,13H2,2-3H3/b19-14+,22-21?. The number of benzene rings is 2. The third-order valence-corrected chi connectivity index (χ3v) is 4.88. The summed E-state index contributed by atoms with van der Waals surface area (Å²) in [7, 11) is 1.74. The van der Waals surface area contributed by atoms with Crippen molar-refractivity contribution in [3.8, 4) is 5.75 Å². The molecule has 1 amide bonds. The lowest BCUT2D eigenvalue weighted by atomic mass is 10.2. The molecule has 0 aromatic heterocycles. The molecular formula is C21H20N2O2S. The molecule has 5 heteroatoms. The molecule has 3 rings (SSSR count). The highest BCUT2D eigenvalue weighted by Crippen LogP contribution is 2.34. The summed E-state index contributed by atoms with van der Waals surface area (Å²) >= 11 is 1.37. The van der Waals surface area contributed by atoms with E-state index in [4.69, 9.17) is 4.74 Å². The highest BCUT2D eigenvalue weighted by molar-refractivity contribution is 8.18. The largest absolute Gasteiger partial charge is 0.489 e. The molecule has 2 aromatic rings. The first-order chi connectivity index (χ1) is 12.6. The molecule has 0 N–H and O–H groups in total. The number of carbonyl (C=O) groups excluding carboxylic acids is 1. The predicted molar refractivity (Wildman–Crippen MR) is 109 cm³/mol. The summed E-state index contributed by atoms with van der Waals surface area (Å²) in [5.74, 6) is 0.652. The smallest absolute Gasteiger partial charge is 0.266 e. The Morgan fingerprint density at radius 2 is 1.92 bits per heavy atom. The van der Waals surface area contributed by atoms with Crippen LogP contribution < -0.4 is 4.74 Å². The number of amidine groups is 1. The van der Waals surface area contributed by atoms with Gasteiger partial charge in [0.25, 0.3) is 5.91 Å². The molecule has 26 heavy (non-hydrogen) atoms. The molecule has 1 aliphatic heterocycles. The van der Waals surface area contributed by atoms with E-state index in [0.29, 0.717) is 16.7 Å². The first-order valence-electron chi connectivity index (χ1n) is 8.24. The van der Waals surface area contributed by atoms with Crippen molar-refractivity contribution in [1.82, 2.24) is 4.90 Å². The average Bonchev–Trinajstić information content (AvgIpc) is 2.91. The van der Waals surface area contributed by atoms with Crippen LogP contribution in [0, 0.1) is 6.92 Å². The molecule has 132 valence electrons. The van der Waals surface area contributed by atoms with Crippen molar-refractivity contribution in [2.24, 2.45) is 4.99 Å². The fourth-order valence-corrected chi connectivity index (χ4v) is 3.38. The van der Waals surface area contributed by atoms with Crippen LogP contribution in [0.4, 0.5) is 5.69 Å². The topological polar surface area (TPSA) is 41.9 Å². The number of ether oxygens (including phenoxy) is 1. The van der Waals surface area contributed by atoms with Crippen LogP contribution in [0.3, 0.4) is 0 Å². The summed E-state index contributed by atoms with van der Waals surface area (Å²) in [5, 5.41) is 0.662. The molecule has 1 heterocycles. The number of para-hydroxylation sites is 1. The molecule has 1 saturated heterocycles. The van der Waals surface area contributed by atoms with Crippen molar-refractivity contribution in [2.75, 3.05) is 13.7 Å². The minimum absolute atomic E-state index is 0.0700. The Balaban J connectivity index is 1.88. The van der Waals surface area contributed by atoms with Crippen LogP contribution in [-0.2, 0) is 4.79 Å². The molecule has 0 atom stereocenters. The number of likely N-dealkylation sites (N-methyl/N-ethyl adjacent to an activating group) is 1. The van der Waals surface area contributed by atoms with E-state index in [9.17, 15) is 4.79 Å². The van der Waals surface area contributed by atoms with Crippen LogP contribution in [0.5, 0.6) is 5.75 Å². The van der Waals surface area contributed by atoms with Crippen molar-refractivity contribution in [2.45, 2.75) is 6.92 Å². The van der Waals surface area contributed by atoms with E-state index in [0.717, 1.165) is 17.0 Å². The number of amides is 1. The zero-order valence-electron chi connectivity index (χ0n) is 14.8. The van der Waals surface area contributed by atoms with Crippen LogP contribution >= 0.6 is 11.8 Å². The number of carbonyl (C=O) groups is 1. The second kappa shape index (κ2) is 8.06. The third-order valence-electron chi connectivity index (χ3n) is 3.82. The minimum atomic E-state index is -0.0700. The maximum Gasteiger partial charge on any atom is 0.266 e. The van der Waals surface area contributed by atoms with E-state index in [1.54, 1.807) is 18.0 Å². The molecular weight excluding hydrogens is 344 g/mol. The van der Waals surface area contributed by atoms with E-state index in [1.807, 2.05) is 61.5 Å². The van der Waals surface area contributed by atoms with E-state index in [1.165, 1.54) is 17.3 Å². The van der Waals surface area contributed by atoms with Gasteiger partial charge < -0.3 is 4.74 Å². The van der Waals surface area contributed by atoms with Crippen LogP contribution in [0.2, 0.25) is 0 Å². The van der Waals surface area contributed by atoms with Crippen LogP contribution in [-0.4, -0.2) is 29.6 Å². The van der Waals surface area contributed by atoms with Gasteiger partial charge in [0.1, 0.15) is 12.4 Å². The van der Waals surface area contributed by atoms with E-state index in [-0.39, 0.29) is 5.91 Å². The Morgan fingerprint density at radius 3 is 2.65 bits per heavy atom. The van der Waals surface area contributed by atoms with Crippen LogP contribution in [0.1, 0.15) is 11.1 Å². The lowest BCUT2D eigenvalue weighted by Crippen LogP contribution is -2.23. The summed E-state index contributed by atoms with van der Waals surface area (Å²) < 4.78 is 5.67. The van der Waals surface area contributed by atoms with Gasteiger partial charge in [0.05, 0.1) is 10.6 Å². The van der Waals surface area contributed by atoms with E-state index >= 15 is 0 Å².